The minimum Gasteiger partial charge on any atom is -0.370 e. The number of benzene rings is 1. The molecule has 2 rings (SSSR count). The first-order chi connectivity index (χ1) is 7.18. The van der Waals surface area contributed by atoms with Gasteiger partial charge >= 0.3 is 0 Å². The number of anilines is 1. The van der Waals surface area contributed by atoms with E-state index in [9.17, 15) is 4.39 Å². The Bertz CT molecular complexity index is 353. The fourth-order valence-corrected chi connectivity index (χ4v) is 2.39. The van der Waals surface area contributed by atoms with Crippen molar-refractivity contribution in [1.29, 1.82) is 0 Å². The maximum Gasteiger partial charge on any atom is 0.143 e. The summed E-state index contributed by atoms with van der Waals surface area (Å²) >= 11 is 5.96. The molecule has 0 bridgehead atoms. The lowest BCUT2D eigenvalue weighted by atomic mass is 10.00. The highest BCUT2D eigenvalue weighted by atomic mass is 35.5. The van der Waals surface area contributed by atoms with E-state index in [4.69, 9.17) is 11.6 Å². The highest BCUT2D eigenvalue weighted by Crippen LogP contribution is 2.31. The van der Waals surface area contributed by atoms with Crippen molar-refractivity contribution in [2.75, 3.05) is 18.0 Å². The van der Waals surface area contributed by atoms with Gasteiger partial charge in [-0.25, -0.2) is 4.39 Å². The van der Waals surface area contributed by atoms with Crippen LogP contribution in [-0.4, -0.2) is 13.1 Å². The Labute approximate surface area is 94.8 Å². The fourth-order valence-electron chi connectivity index (χ4n) is 2.14. The van der Waals surface area contributed by atoms with E-state index in [0.717, 1.165) is 25.2 Å². The molecule has 1 unspecified atom stereocenters. The third kappa shape index (κ3) is 2.25. The molecule has 1 aromatic rings. The van der Waals surface area contributed by atoms with Gasteiger partial charge in [0.15, 0.2) is 0 Å². The van der Waals surface area contributed by atoms with Crippen LogP contribution in [-0.2, 0) is 0 Å². The maximum absolute atomic E-state index is 13.3. The second-order valence-corrected chi connectivity index (χ2v) is 4.64. The van der Waals surface area contributed by atoms with Gasteiger partial charge in [-0.2, -0.15) is 0 Å². The zero-order valence-corrected chi connectivity index (χ0v) is 9.60. The number of halogens is 2. The van der Waals surface area contributed by atoms with Gasteiger partial charge in [0.05, 0.1) is 10.7 Å². The first-order valence-electron chi connectivity index (χ1n) is 5.37. The third-order valence-corrected chi connectivity index (χ3v) is 3.30. The molecule has 0 saturated carbocycles. The van der Waals surface area contributed by atoms with Gasteiger partial charge in [-0.1, -0.05) is 24.6 Å². The Morgan fingerprint density at radius 3 is 3.00 bits per heavy atom. The van der Waals surface area contributed by atoms with Crippen LogP contribution in [0.5, 0.6) is 0 Å². The molecule has 1 aliphatic rings. The molecule has 1 heterocycles. The van der Waals surface area contributed by atoms with E-state index in [-0.39, 0.29) is 10.8 Å². The minimum absolute atomic E-state index is 0.256. The molecule has 0 aromatic heterocycles. The molecule has 1 nitrogen and oxygen atoms in total. The van der Waals surface area contributed by atoms with Gasteiger partial charge in [0.1, 0.15) is 5.82 Å². The largest absolute Gasteiger partial charge is 0.370 e. The molecule has 15 heavy (non-hydrogen) atoms. The average Bonchev–Trinajstić information content (AvgIpc) is 2.22. The standard InChI is InChI=1S/C12H15ClFN/c1-9-4-3-7-15(8-9)11-6-2-5-10(14)12(11)13/h2,5-6,9H,3-4,7-8H2,1H3. The van der Waals surface area contributed by atoms with E-state index in [1.165, 1.54) is 12.5 Å². The van der Waals surface area contributed by atoms with E-state index < -0.39 is 0 Å². The summed E-state index contributed by atoms with van der Waals surface area (Å²) in [6.07, 6.45) is 2.41. The van der Waals surface area contributed by atoms with Gasteiger partial charge in [0.25, 0.3) is 0 Å². The molecule has 0 amide bonds. The van der Waals surface area contributed by atoms with Crippen LogP contribution in [0.4, 0.5) is 10.1 Å². The molecule has 82 valence electrons. The lowest BCUT2D eigenvalue weighted by Gasteiger charge is -2.33. The van der Waals surface area contributed by atoms with Crippen LogP contribution in [0.2, 0.25) is 5.02 Å². The van der Waals surface area contributed by atoms with Crippen molar-refractivity contribution in [3.63, 3.8) is 0 Å². The number of hydrogen-bond donors (Lipinski definition) is 0. The van der Waals surface area contributed by atoms with Crippen LogP contribution < -0.4 is 4.90 Å². The molecule has 1 saturated heterocycles. The lowest BCUT2D eigenvalue weighted by Crippen LogP contribution is -2.34. The van der Waals surface area contributed by atoms with E-state index in [1.807, 2.05) is 6.07 Å². The smallest absolute Gasteiger partial charge is 0.143 e. The van der Waals surface area contributed by atoms with Crippen LogP contribution in [0, 0.1) is 11.7 Å². The molecule has 0 aliphatic carbocycles. The maximum atomic E-state index is 13.3. The Balaban J connectivity index is 2.24. The summed E-state index contributed by atoms with van der Waals surface area (Å²) in [5, 5.41) is 0.256. The van der Waals surface area contributed by atoms with E-state index in [0.29, 0.717) is 5.92 Å². The highest BCUT2D eigenvalue weighted by molar-refractivity contribution is 6.33. The Kier molecular flexibility index (Phi) is 3.15. The minimum atomic E-state index is -0.326. The van der Waals surface area contributed by atoms with Crippen molar-refractivity contribution >= 4 is 17.3 Å². The molecule has 1 fully saturated rings. The molecular formula is C12H15ClFN. The van der Waals surface area contributed by atoms with Crippen molar-refractivity contribution in [3.8, 4) is 0 Å². The van der Waals surface area contributed by atoms with Crippen molar-refractivity contribution < 1.29 is 4.39 Å². The number of piperidine rings is 1. The van der Waals surface area contributed by atoms with Gasteiger partial charge in [-0.05, 0) is 30.9 Å². The summed E-state index contributed by atoms with van der Waals surface area (Å²) in [5.41, 5.74) is 0.836. The lowest BCUT2D eigenvalue weighted by molar-refractivity contribution is 0.446. The molecule has 3 heteroatoms. The number of nitrogens with zero attached hydrogens (tertiary/aromatic N) is 1. The van der Waals surface area contributed by atoms with Crippen LogP contribution in [0.25, 0.3) is 0 Å². The van der Waals surface area contributed by atoms with Crippen LogP contribution in [0.15, 0.2) is 18.2 Å². The number of rotatable bonds is 1. The van der Waals surface area contributed by atoms with Gasteiger partial charge in [0, 0.05) is 13.1 Å². The molecule has 1 atom stereocenters. The quantitative estimate of drug-likeness (QED) is 0.707. The average molecular weight is 228 g/mol. The summed E-state index contributed by atoms with van der Waals surface area (Å²) in [6, 6.07) is 5.01. The summed E-state index contributed by atoms with van der Waals surface area (Å²) in [6.45, 7) is 4.18. The highest BCUT2D eigenvalue weighted by Gasteiger charge is 2.19. The predicted octanol–water partition coefficient (Wildman–Crippen LogP) is 3.72. The van der Waals surface area contributed by atoms with Crippen molar-refractivity contribution in [2.24, 2.45) is 5.92 Å². The van der Waals surface area contributed by atoms with Crippen molar-refractivity contribution in [1.82, 2.24) is 0 Å². The molecular weight excluding hydrogens is 213 g/mol. The zero-order valence-electron chi connectivity index (χ0n) is 8.84. The van der Waals surface area contributed by atoms with Crippen LogP contribution in [0.3, 0.4) is 0 Å². The zero-order chi connectivity index (χ0) is 10.8. The third-order valence-electron chi connectivity index (χ3n) is 2.93. The first-order valence-corrected chi connectivity index (χ1v) is 5.75. The second-order valence-electron chi connectivity index (χ2n) is 4.27. The van der Waals surface area contributed by atoms with Gasteiger partial charge in [-0.15, -0.1) is 0 Å². The van der Waals surface area contributed by atoms with E-state index in [2.05, 4.69) is 11.8 Å². The molecule has 0 radical (unpaired) electrons. The topological polar surface area (TPSA) is 3.24 Å². The summed E-state index contributed by atoms with van der Waals surface area (Å²) in [5.74, 6) is 0.338. The summed E-state index contributed by atoms with van der Waals surface area (Å²) in [4.78, 5) is 2.18. The molecule has 1 aromatic carbocycles. The molecule has 1 aliphatic heterocycles. The second kappa shape index (κ2) is 4.40. The predicted molar refractivity (Wildman–Crippen MR) is 62.0 cm³/mol. The number of hydrogen-bond acceptors (Lipinski definition) is 1. The normalized spacial score (nSPS) is 21.8. The SMILES string of the molecule is CC1CCCN(c2cccc(F)c2Cl)C1. The fraction of sp³-hybridized carbons (Fsp3) is 0.500. The summed E-state index contributed by atoms with van der Waals surface area (Å²) < 4.78 is 13.3. The Morgan fingerprint density at radius 2 is 2.27 bits per heavy atom. The Morgan fingerprint density at radius 1 is 1.47 bits per heavy atom. The van der Waals surface area contributed by atoms with E-state index >= 15 is 0 Å². The van der Waals surface area contributed by atoms with Crippen molar-refractivity contribution in [2.45, 2.75) is 19.8 Å². The Hall–Kier alpha value is -0.760. The van der Waals surface area contributed by atoms with Crippen LogP contribution >= 0.6 is 11.6 Å². The first kappa shape index (κ1) is 10.7. The van der Waals surface area contributed by atoms with Crippen molar-refractivity contribution in [3.05, 3.63) is 29.0 Å². The van der Waals surface area contributed by atoms with Crippen LogP contribution in [0.1, 0.15) is 19.8 Å². The van der Waals surface area contributed by atoms with E-state index in [1.54, 1.807) is 6.07 Å². The molecule has 0 spiro atoms. The molecule has 0 N–H and O–H groups in total. The van der Waals surface area contributed by atoms with Gasteiger partial charge < -0.3 is 4.90 Å². The van der Waals surface area contributed by atoms with Gasteiger partial charge in [-0.3, -0.25) is 0 Å². The monoisotopic (exact) mass is 227 g/mol. The summed E-state index contributed by atoms with van der Waals surface area (Å²) in [7, 11) is 0. The van der Waals surface area contributed by atoms with Gasteiger partial charge in [0.2, 0.25) is 0 Å².